The molecule has 0 spiro atoms. The van der Waals surface area contributed by atoms with Gasteiger partial charge in [-0.25, -0.2) is 0 Å². The van der Waals surface area contributed by atoms with E-state index in [4.69, 9.17) is 4.74 Å². The van der Waals surface area contributed by atoms with Crippen LogP contribution >= 0.6 is 0 Å². The summed E-state index contributed by atoms with van der Waals surface area (Å²) in [5, 5.41) is 0. The molecule has 3 aromatic rings. The molecule has 0 N–H and O–H groups in total. The summed E-state index contributed by atoms with van der Waals surface area (Å²) in [6.07, 6.45) is 2.82. The van der Waals surface area contributed by atoms with Crippen LogP contribution in [0.25, 0.3) is 6.08 Å². The van der Waals surface area contributed by atoms with Gasteiger partial charge in [-0.15, -0.1) is 0 Å². The van der Waals surface area contributed by atoms with Crippen LogP contribution in [0.4, 0.5) is 5.69 Å². The van der Waals surface area contributed by atoms with Crippen LogP contribution in [0.2, 0.25) is 0 Å². The van der Waals surface area contributed by atoms with Crippen molar-refractivity contribution < 1.29 is 9.53 Å². The van der Waals surface area contributed by atoms with Crippen LogP contribution in [0.15, 0.2) is 95.8 Å². The van der Waals surface area contributed by atoms with Gasteiger partial charge < -0.3 is 4.74 Å². The summed E-state index contributed by atoms with van der Waals surface area (Å²) in [5.41, 5.74) is 7.28. The fraction of sp³-hybridized carbons (Fsp3) is 0.179. The van der Waals surface area contributed by atoms with Crippen LogP contribution in [0.1, 0.15) is 34.7 Å². The molecule has 2 aliphatic heterocycles. The van der Waals surface area contributed by atoms with Crippen molar-refractivity contribution in [3.05, 3.63) is 118 Å². The lowest BCUT2D eigenvalue weighted by Gasteiger charge is -2.38. The summed E-state index contributed by atoms with van der Waals surface area (Å²) < 4.78 is 6.06. The second kappa shape index (κ2) is 7.92. The van der Waals surface area contributed by atoms with E-state index >= 15 is 0 Å². The standard InChI is InChI=1S/C28H25NO2/c1-19-8-12-21(13-9-19)18-25-26(22-14-10-20(2)11-15-22)29(23-6-4-3-5-7-23)28(30)24-16-17-31-27(24)25/h3-15,18,26H,16-17H2,1-2H3/b25-18-. The number of hydrogen-bond donors (Lipinski definition) is 0. The number of carbonyl (C=O) groups is 1. The van der Waals surface area contributed by atoms with Gasteiger partial charge in [-0.05, 0) is 43.2 Å². The molecule has 3 aromatic carbocycles. The van der Waals surface area contributed by atoms with Gasteiger partial charge in [0.05, 0.1) is 18.2 Å². The largest absolute Gasteiger partial charge is 0.492 e. The summed E-state index contributed by atoms with van der Waals surface area (Å²) in [6, 6.07) is 26.6. The summed E-state index contributed by atoms with van der Waals surface area (Å²) in [7, 11) is 0. The van der Waals surface area contributed by atoms with E-state index in [1.165, 1.54) is 11.1 Å². The number of hydrogen-bond acceptors (Lipinski definition) is 2. The normalized spacial score (nSPS) is 19.5. The number of anilines is 1. The van der Waals surface area contributed by atoms with Gasteiger partial charge in [0.15, 0.2) is 0 Å². The topological polar surface area (TPSA) is 29.5 Å². The Morgan fingerprint density at radius 3 is 2.19 bits per heavy atom. The van der Waals surface area contributed by atoms with Crippen molar-refractivity contribution in [2.45, 2.75) is 26.3 Å². The average molecular weight is 408 g/mol. The summed E-state index contributed by atoms with van der Waals surface area (Å²) in [5.74, 6) is 0.786. The van der Waals surface area contributed by atoms with Crippen LogP contribution in [0, 0.1) is 13.8 Å². The Labute approximate surface area is 183 Å². The second-order valence-electron chi connectivity index (χ2n) is 8.24. The highest BCUT2D eigenvalue weighted by atomic mass is 16.5. The van der Waals surface area contributed by atoms with Crippen LogP contribution < -0.4 is 4.90 Å². The first-order chi connectivity index (χ1) is 15.1. The van der Waals surface area contributed by atoms with Crippen LogP contribution in [0.5, 0.6) is 0 Å². The number of carbonyl (C=O) groups excluding carboxylic acids is 1. The van der Waals surface area contributed by atoms with E-state index in [1.807, 2.05) is 35.2 Å². The number of aryl methyl sites for hydroxylation is 2. The van der Waals surface area contributed by atoms with Crippen molar-refractivity contribution in [2.24, 2.45) is 0 Å². The fourth-order valence-corrected chi connectivity index (χ4v) is 4.36. The molecular weight excluding hydrogens is 382 g/mol. The number of nitrogens with zero attached hydrogens (tertiary/aromatic N) is 1. The first-order valence-electron chi connectivity index (χ1n) is 10.7. The minimum Gasteiger partial charge on any atom is -0.492 e. The van der Waals surface area contributed by atoms with E-state index in [-0.39, 0.29) is 11.9 Å². The Morgan fingerprint density at radius 2 is 1.52 bits per heavy atom. The van der Waals surface area contributed by atoms with Crippen molar-refractivity contribution in [3.63, 3.8) is 0 Å². The molecule has 0 fully saturated rings. The molecule has 0 radical (unpaired) electrons. The quantitative estimate of drug-likeness (QED) is 0.521. The van der Waals surface area contributed by atoms with Gasteiger partial charge in [-0.1, -0.05) is 77.9 Å². The number of amides is 1. The number of benzene rings is 3. The van der Waals surface area contributed by atoms with Crippen molar-refractivity contribution in [1.82, 2.24) is 0 Å². The van der Waals surface area contributed by atoms with Crippen molar-refractivity contribution in [1.29, 1.82) is 0 Å². The highest BCUT2D eigenvalue weighted by Crippen LogP contribution is 2.46. The lowest BCUT2D eigenvalue weighted by Crippen LogP contribution is -2.40. The van der Waals surface area contributed by atoms with Gasteiger partial charge in [0, 0.05) is 17.7 Å². The fourth-order valence-electron chi connectivity index (χ4n) is 4.36. The first kappa shape index (κ1) is 19.4. The van der Waals surface area contributed by atoms with E-state index in [2.05, 4.69) is 68.5 Å². The third-order valence-corrected chi connectivity index (χ3v) is 5.99. The minimum absolute atomic E-state index is 0.0327. The van der Waals surface area contributed by atoms with Gasteiger partial charge in [-0.3, -0.25) is 9.69 Å². The Balaban J connectivity index is 1.74. The van der Waals surface area contributed by atoms with Crippen molar-refractivity contribution >= 4 is 17.7 Å². The third kappa shape index (κ3) is 3.57. The Bertz CT molecular complexity index is 1170. The molecule has 3 nitrogen and oxygen atoms in total. The molecule has 0 saturated carbocycles. The van der Waals surface area contributed by atoms with Gasteiger partial charge in [-0.2, -0.15) is 0 Å². The van der Waals surface area contributed by atoms with E-state index in [1.54, 1.807) is 0 Å². The maximum Gasteiger partial charge on any atom is 0.258 e. The van der Waals surface area contributed by atoms with Crippen LogP contribution in [-0.4, -0.2) is 12.5 Å². The molecule has 0 aromatic heterocycles. The molecular formula is C28H25NO2. The Morgan fingerprint density at radius 1 is 0.871 bits per heavy atom. The molecule has 1 unspecified atom stereocenters. The molecule has 0 aliphatic carbocycles. The van der Waals surface area contributed by atoms with Gasteiger partial charge in [0.1, 0.15) is 5.76 Å². The smallest absolute Gasteiger partial charge is 0.258 e. The number of rotatable bonds is 3. The Kier molecular flexibility index (Phi) is 4.95. The highest BCUT2D eigenvalue weighted by molar-refractivity contribution is 6.09. The van der Waals surface area contributed by atoms with Gasteiger partial charge >= 0.3 is 0 Å². The molecule has 31 heavy (non-hydrogen) atoms. The van der Waals surface area contributed by atoms with E-state index in [0.29, 0.717) is 13.0 Å². The van der Waals surface area contributed by atoms with E-state index in [0.717, 1.165) is 33.7 Å². The zero-order valence-corrected chi connectivity index (χ0v) is 17.8. The van der Waals surface area contributed by atoms with Gasteiger partial charge in [0.25, 0.3) is 5.91 Å². The maximum atomic E-state index is 13.7. The summed E-state index contributed by atoms with van der Waals surface area (Å²) >= 11 is 0. The van der Waals surface area contributed by atoms with E-state index in [9.17, 15) is 4.79 Å². The molecule has 5 rings (SSSR count). The van der Waals surface area contributed by atoms with Gasteiger partial charge in [0.2, 0.25) is 0 Å². The third-order valence-electron chi connectivity index (χ3n) is 5.99. The molecule has 2 heterocycles. The predicted molar refractivity (Wildman–Crippen MR) is 125 cm³/mol. The SMILES string of the molecule is Cc1ccc(/C=C2\C3=C(CCO3)C(=O)N(c3ccccc3)C2c2ccc(C)cc2)cc1. The first-order valence-corrected chi connectivity index (χ1v) is 10.7. The molecule has 1 atom stereocenters. The van der Waals surface area contributed by atoms with Crippen molar-refractivity contribution in [3.8, 4) is 0 Å². The summed E-state index contributed by atoms with van der Waals surface area (Å²) in [4.78, 5) is 15.6. The number of para-hydroxylation sites is 1. The van der Waals surface area contributed by atoms with Crippen molar-refractivity contribution in [2.75, 3.05) is 11.5 Å². The predicted octanol–water partition coefficient (Wildman–Crippen LogP) is 6.15. The molecule has 2 aliphatic rings. The lowest BCUT2D eigenvalue weighted by atomic mass is 9.87. The zero-order valence-electron chi connectivity index (χ0n) is 17.8. The maximum absolute atomic E-state index is 13.7. The average Bonchev–Trinajstić information content (AvgIpc) is 3.29. The number of ether oxygens (including phenoxy) is 1. The molecule has 1 amide bonds. The molecule has 0 saturated heterocycles. The minimum atomic E-state index is -0.256. The molecule has 0 bridgehead atoms. The molecule has 154 valence electrons. The Hall–Kier alpha value is -3.59. The zero-order chi connectivity index (χ0) is 21.4. The second-order valence-corrected chi connectivity index (χ2v) is 8.24. The molecule has 3 heteroatoms. The van der Waals surface area contributed by atoms with Crippen LogP contribution in [-0.2, 0) is 9.53 Å². The van der Waals surface area contributed by atoms with Crippen LogP contribution in [0.3, 0.4) is 0 Å². The lowest BCUT2D eigenvalue weighted by molar-refractivity contribution is -0.115. The monoisotopic (exact) mass is 407 g/mol. The van der Waals surface area contributed by atoms with E-state index < -0.39 is 0 Å². The highest BCUT2D eigenvalue weighted by Gasteiger charge is 2.42. The summed E-state index contributed by atoms with van der Waals surface area (Å²) in [6.45, 7) is 4.71.